The van der Waals surface area contributed by atoms with E-state index in [0.717, 1.165) is 53.7 Å². The standard InChI is InChI=1S/C29H38N6O/c1-7-25(27-31-32-33-35(27)29(5,6)8-2)34(17-16-22-12-10-9-11-13-22)19-24-18-23-15-14-20(3)21(4)26(23)30-28(24)36/h9-15,18,25H,7-8,16-17,19H2,1-6H3,(H,30,36). The number of tetrazole rings is 1. The van der Waals surface area contributed by atoms with Crippen molar-refractivity contribution in [2.75, 3.05) is 6.54 Å². The Bertz CT molecular complexity index is 1370. The van der Waals surface area contributed by atoms with Gasteiger partial charge < -0.3 is 4.98 Å². The zero-order valence-corrected chi connectivity index (χ0v) is 22.4. The Hall–Kier alpha value is -3.32. The molecule has 0 fully saturated rings. The fourth-order valence-corrected chi connectivity index (χ4v) is 4.76. The second-order valence-electron chi connectivity index (χ2n) is 10.3. The minimum absolute atomic E-state index is 0.0237. The van der Waals surface area contributed by atoms with Gasteiger partial charge in [0, 0.05) is 18.7 Å². The van der Waals surface area contributed by atoms with E-state index in [1.54, 1.807) is 0 Å². The van der Waals surface area contributed by atoms with Crippen molar-refractivity contribution >= 4 is 10.9 Å². The van der Waals surface area contributed by atoms with Gasteiger partial charge >= 0.3 is 0 Å². The number of aromatic amines is 1. The van der Waals surface area contributed by atoms with Gasteiger partial charge in [0.1, 0.15) is 0 Å². The number of H-pyrrole nitrogens is 1. The maximum Gasteiger partial charge on any atom is 0.252 e. The van der Waals surface area contributed by atoms with Crippen LogP contribution in [0.2, 0.25) is 0 Å². The first-order chi connectivity index (χ1) is 17.2. The highest BCUT2D eigenvalue weighted by Crippen LogP contribution is 2.29. The third kappa shape index (κ3) is 5.26. The van der Waals surface area contributed by atoms with Gasteiger partial charge in [-0.1, -0.05) is 56.3 Å². The van der Waals surface area contributed by atoms with E-state index >= 15 is 0 Å². The fourth-order valence-electron chi connectivity index (χ4n) is 4.76. The molecule has 1 atom stereocenters. The zero-order valence-electron chi connectivity index (χ0n) is 22.4. The van der Waals surface area contributed by atoms with Gasteiger partial charge in [-0.05, 0) is 85.5 Å². The third-order valence-corrected chi connectivity index (χ3v) is 7.59. The summed E-state index contributed by atoms with van der Waals surface area (Å²) in [5, 5.41) is 14.0. The summed E-state index contributed by atoms with van der Waals surface area (Å²) in [5.41, 5.74) is 4.99. The summed E-state index contributed by atoms with van der Waals surface area (Å²) in [4.78, 5) is 18.8. The fraction of sp³-hybridized carbons (Fsp3) is 0.448. The highest BCUT2D eigenvalue weighted by Gasteiger charge is 2.31. The molecule has 4 aromatic rings. The smallest absolute Gasteiger partial charge is 0.252 e. The Kier molecular flexibility index (Phi) is 7.69. The van der Waals surface area contributed by atoms with E-state index in [9.17, 15) is 4.79 Å². The highest BCUT2D eigenvalue weighted by atomic mass is 16.1. The lowest BCUT2D eigenvalue weighted by atomic mass is 10.0. The van der Waals surface area contributed by atoms with Crippen LogP contribution in [0, 0.1) is 13.8 Å². The van der Waals surface area contributed by atoms with Crippen molar-refractivity contribution in [2.24, 2.45) is 0 Å². The van der Waals surface area contributed by atoms with Gasteiger partial charge in [0.15, 0.2) is 5.82 Å². The normalized spacial score (nSPS) is 13.0. The van der Waals surface area contributed by atoms with Crippen LogP contribution in [0.1, 0.15) is 74.7 Å². The number of pyridine rings is 1. The number of rotatable bonds is 10. The second-order valence-corrected chi connectivity index (χ2v) is 10.3. The van der Waals surface area contributed by atoms with Gasteiger partial charge in [-0.3, -0.25) is 9.69 Å². The molecule has 1 unspecified atom stereocenters. The SMILES string of the molecule is CCC(c1nnnn1C(C)(C)CC)N(CCc1ccccc1)Cc1cc2ccc(C)c(C)c2[nH]c1=O. The Morgan fingerprint density at radius 2 is 1.83 bits per heavy atom. The summed E-state index contributed by atoms with van der Waals surface area (Å²) in [6.45, 7) is 14.1. The second kappa shape index (κ2) is 10.7. The van der Waals surface area contributed by atoms with Gasteiger partial charge in [0.2, 0.25) is 0 Å². The first kappa shape index (κ1) is 25.8. The molecule has 2 aromatic heterocycles. The van der Waals surface area contributed by atoms with E-state index in [0.29, 0.717) is 6.54 Å². The lowest BCUT2D eigenvalue weighted by molar-refractivity contribution is 0.160. The molecular formula is C29H38N6O. The van der Waals surface area contributed by atoms with Crippen LogP contribution in [-0.4, -0.2) is 36.6 Å². The van der Waals surface area contributed by atoms with Crippen molar-refractivity contribution in [1.82, 2.24) is 30.1 Å². The maximum atomic E-state index is 13.2. The van der Waals surface area contributed by atoms with Crippen molar-refractivity contribution in [3.05, 3.63) is 87.0 Å². The van der Waals surface area contributed by atoms with Gasteiger partial charge in [-0.2, -0.15) is 0 Å². The molecule has 0 amide bonds. The molecule has 0 aliphatic rings. The molecule has 190 valence electrons. The average Bonchev–Trinajstić information content (AvgIpc) is 3.37. The summed E-state index contributed by atoms with van der Waals surface area (Å²) in [7, 11) is 0. The predicted octanol–water partition coefficient (Wildman–Crippen LogP) is 5.47. The number of benzene rings is 2. The van der Waals surface area contributed by atoms with Crippen LogP contribution in [0.25, 0.3) is 10.9 Å². The molecule has 1 N–H and O–H groups in total. The molecule has 2 heterocycles. The molecule has 36 heavy (non-hydrogen) atoms. The van der Waals surface area contributed by atoms with Crippen molar-refractivity contribution in [3.63, 3.8) is 0 Å². The van der Waals surface area contributed by atoms with Gasteiger partial charge in [-0.15, -0.1) is 5.10 Å². The maximum absolute atomic E-state index is 13.2. The minimum atomic E-state index is -0.201. The van der Waals surface area contributed by atoms with Gasteiger partial charge in [0.05, 0.1) is 17.1 Å². The third-order valence-electron chi connectivity index (χ3n) is 7.59. The van der Waals surface area contributed by atoms with Gasteiger partial charge in [-0.25, -0.2) is 4.68 Å². The molecule has 7 heteroatoms. The molecule has 0 aliphatic heterocycles. The summed E-state index contributed by atoms with van der Waals surface area (Å²) in [6.07, 6.45) is 2.62. The van der Waals surface area contributed by atoms with Crippen molar-refractivity contribution in [2.45, 2.75) is 78.9 Å². The van der Waals surface area contributed by atoms with Crippen molar-refractivity contribution in [1.29, 1.82) is 0 Å². The lowest BCUT2D eigenvalue weighted by Crippen LogP contribution is -2.37. The number of nitrogens with one attached hydrogen (secondary N) is 1. The lowest BCUT2D eigenvalue weighted by Gasteiger charge is -2.33. The number of aryl methyl sites for hydroxylation is 2. The number of hydrogen-bond donors (Lipinski definition) is 1. The molecule has 0 saturated heterocycles. The molecular weight excluding hydrogens is 448 g/mol. The molecule has 2 aromatic carbocycles. The molecule has 0 radical (unpaired) electrons. The van der Waals surface area contributed by atoms with E-state index in [1.165, 1.54) is 11.1 Å². The number of nitrogens with zero attached hydrogens (tertiary/aromatic N) is 5. The van der Waals surface area contributed by atoms with Crippen LogP contribution in [-0.2, 0) is 18.5 Å². The van der Waals surface area contributed by atoms with Crippen molar-refractivity contribution < 1.29 is 0 Å². The molecule has 7 nitrogen and oxygen atoms in total. The Balaban J connectivity index is 1.74. The molecule has 0 bridgehead atoms. The number of hydrogen-bond acceptors (Lipinski definition) is 5. The van der Waals surface area contributed by atoms with E-state index in [-0.39, 0.29) is 17.1 Å². The number of aromatic nitrogens is 5. The molecule has 4 rings (SSSR count). The van der Waals surface area contributed by atoms with Crippen LogP contribution >= 0.6 is 0 Å². The quantitative estimate of drug-likeness (QED) is 0.321. The largest absolute Gasteiger partial charge is 0.321 e. The monoisotopic (exact) mass is 486 g/mol. The van der Waals surface area contributed by atoms with E-state index in [4.69, 9.17) is 0 Å². The van der Waals surface area contributed by atoms with E-state index in [2.05, 4.69) is 103 Å². The molecule has 0 saturated carbocycles. The predicted molar refractivity (Wildman–Crippen MR) is 145 cm³/mol. The molecule has 0 aliphatic carbocycles. The van der Waals surface area contributed by atoms with Crippen LogP contribution < -0.4 is 5.56 Å². The van der Waals surface area contributed by atoms with E-state index in [1.807, 2.05) is 16.8 Å². The average molecular weight is 487 g/mol. The topological polar surface area (TPSA) is 79.7 Å². The highest BCUT2D eigenvalue weighted by molar-refractivity contribution is 5.83. The summed E-state index contributed by atoms with van der Waals surface area (Å²) in [6, 6.07) is 16.7. The van der Waals surface area contributed by atoms with Crippen LogP contribution in [0.4, 0.5) is 0 Å². The van der Waals surface area contributed by atoms with Crippen LogP contribution in [0.5, 0.6) is 0 Å². The summed E-state index contributed by atoms with van der Waals surface area (Å²) < 4.78 is 1.97. The minimum Gasteiger partial charge on any atom is -0.321 e. The first-order valence-electron chi connectivity index (χ1n) is 12.9. The summed E-state index contributed by atoms with van der Waals surface area (Å²) >= 11 is 0. The Morgan fingerprint density at radius 3 is 2.53 bits per heavy atom. The summed E-state index contributed by atoms with van der Waals surface area (Å²) in [5.74, 6) is 0.848. The van der Waals surface area contributed by atoms with Gasteiger partial charge in [0.25, 0.3) is 5.56 Å². The first-order valence-corrected chi connectivity index (χ1v) is 12.9. The van der Waals surface area contributed by atoms with Crippen LogP contribution in [0.3, 0.4) is 0 Å². The Labute approximate surface area is 213 Å². The van der Waals surface area contributed by atoms with Crippen LogP contribution in [0.15, 0.2) is 53.3 Å². The number of fused-ring (bicyclic) bond motifs is 1. The van der Waals surface area contributed by atoms with E-state index < -0.39 is 0 Å². The molecule has 0 spiro atoms. The van der Waals surface area contributed by atoms with Crippen molar-refractivity contribution in [3.8, 4) is 0 Å². The Morgan fingerprint density at radius 1 is 1.08 bits per heavy atom. The zero-order chi connectivity index (χ0) is 25.9.